The number of anilines is 1. The summed E-state index contributed by atoms with van der Waals surface area (Å²) in [6.07, 6.45) is -6.50. The van der Waals surface area contributed by atoms with Gasteiger partial charge in [-0.15, -0.1) is 11.3 Å². The summed E-state index contributed by atoms with van der Waals surface area (Å²) in [5, 5.41) is 3.87. The number of aromatic nitrogens is 1. The summed E-state index contributed by atoms with van der Waals surface area (Å²) in [7, 11) is 0. The Balaban J connectivity index is 2.04. The molecule has 2 atom stereocenters. The summed E-state index contributed by atoms with van der Waals surface area (Å²) in [4.78, 5) is 17.9. The number of nitrogens with one attached hydrogen (secondary N) is 1. The van der Waals surface area contributed by atoms with Gasteiger partial charge in [0.2, 0.25) is 5.91 Å². The second-order valence-corrected chi connectivity index (χ2v) is 7.46. The minimum Gasteiger partial charge on any atom is -0.301 e. The summed E-state index contributed by atoms with van der Waals surface area (Å²) in [5.41, 5.74) is -0.520. The van der Waals surface area contributed by atoms with Crippen LogP contribution in [-0.2, 0) is 11.2 Å². The molecule has 1 aliphatic heterocycles. The van der Waals surface area contributed by atoms with Crippen molar-refractivity contribution >= 4 is 22.4 Å². The van der Waals surface area contributed by atoms with Crippen molar-refractivity contribution in [1.82, 2.24) is 9.88 Å². The van der Waals surface area contributed by atoms with Gasteiger partial charge in [0.1, 0.15) is 6.17 Å². The van der Waals surface area contributed by atoms with Crippen LogP contribution in [0.25, 0.3) is 0 Å². The molecule has 4 nitrogen and oxygen atoms in total. The Kier molecular flexibility index (Phi) is 5.00. The Hall–Kier alpha value is -1.22. The largest absolute Gasteiger partial charge is 0.394 e. The van der Waals surface area contributed by atoms with Crippen LogP contribution in [0.5, 0.6) is 0 Å². The maximum atomic E-state index is 13.7. The highest BCUT2D eigenvalue weighted by Crippen LogP contribution is 2.30. The Morgan fingerprint density at radius 2 is 2.09 bits per heavy atom. The number of amides is 1. The van der Waals surface area contributed by atoms with Gasteiger partial charge in [-0.3, -0.25) is 9.69 Å². The normalized spacial score (nSPS) is 23.3. The van der Waals surface area contributed by atoms with Gasteiger partial charge in [-0.05, 0) is 20.8 Å². The second kappa shape index (κ2) is 6.35. The minimum atomic E-state index is -4.34. The zero-order chi connectivity index (χ0) is 17.4. The number of thiazole rings is 1. The third-order valence-electron chi connectivity index (χ3n) is 3.58. The highest BCUT2D eigenvalue weighted by molar-refractivity contribution is 7.13. The van der Waals surface area contributed by atoms with Crippen LogP contribution in [0.3, 0.4) is 0 Å². The summed E-state index contributed by atoms with van der Waals surface area (Å²) in [5.74, 6) is -0.437. The lowest BCUT2D eigenvalue weighted by Crippen LogP contribution is -2.49. The Morgan fingerprint density at radius 1 is 1.43 bits per heavy atom. The van der Waals surface area contributed by atoms with Crippen molar-refractivity contribution in [2.45, 2.75) is 57.5 Å². The maximum absolute atomic E-state index is 13.7. The average Bonchev–Trinajstić information content (AvgIpc) is 2.93. The second-order valence-electron chi connectivity index (χ2n) is 6.60. The Bertz CT molecular complexity index is 567. The highest BCUT2D eigenvalue weighted by Gasteiger charge is 2.42. The Labute approximate surface area is 135 Å². The number of hydrogen-bond donors (Lipinski definition) is 1. The monoisotopic (exact) mass is 353 g/mol. The lowest BCUT2D eigenvalue weighted by Gasteiger charge is -2.35. The number of alkyl halides is 4. The summed E-state index contributed by atoms with van der Waals surface area (Å²) >= 11 is 0.932. The van der Waals surface area contributed by atoms with Crippen molar-refractivity contribution < 1.29 is 22.4 Å². The van der Waals surface area contributed by atoms with Gasteiger partial charge < -0.3 is 5.32 Å². The smallest absolute Gasteiger partial charge is 0.301 e. The zero-order valence-corrected chi connectivity index (χ0v) is 13.9. The zero-order valence-electron chi connectivity index (χ0n) is 13.1. The van der Waals surface area contributed by atoms with E-state index in [1.807, 2.05) is 20.8 Å². The highest BCUT2D eigenvalue weighted by atomic mass is 32.1. The van der Waals surface area contributed by atoms with E-state index in [1.54, 1.807) is 4.90 Å². The Morgan fingerprint density at radius 3 is 2.65 bits per heavy atom. The SMILES string of the molecule is CC(C)(C)N1C[C@H](F)C[C@H]1C(=O)Nc1nc(CC(F)(F)F)cs1. The van der Waals surface area contributed by atoms with Crippen LogP contribution in [-0.4, -0.2) is 46.3 Å². The van der Waals surface area contributed by atoms with Crippen LogP contribution in [0.1, 0.15) is 32.9 Å². The molecule has 130 valence electrons. The average molecular weight is 353 g/mol. The molecule has 1 N–H and O–H groups in total. The number of carbonyl (C=O) groups is 1. The molecule has 23 heavy (non-hydrogen) atoms. The maximum Gasteiger partial charge on any atom is 0.394 e. The first-order valence-corrected chi connectivity index (χ1v) is 8.06. The van der Waals surface area contributed by atoms with Gasteiger partial charge in [-0.2, -0.15) is 13.2 Å². The van der Waals surface area contributed by atoms with E-state index in [0.29, 0.717) is 0 Å². The van der Waals surface area contributed by atoms with Crippen LogP contribution >= 0.6 is 11.3 Å². The van der Waals surface area contributed by atoms with E-state index < -0.39 is 30.7 Å². The molecule has 0 unspecified atom stereocenters. The molecular weight excluding hydrogens is 334 g/mol. The van der Waals surface area contributed by atoms with Crippen molar-refractivity contribution in [2.24, 2.45) is 0 Å². The fourth-order valence-corrected chi connectivity index (χ4v) is 3.33. The van der Waals surface area contributed by atoms with Crippen LogP contribution in [0.2, 0.25) is 0 Å². The minimum absolute atomic E-state index is 0.0733. The molecule has 2 rings (SSSR count). The third-order valence-corrected chi connectivity index (χ3v) is 4.38. The summed E-state index contributed by atoms with van der Waals surface area (Å²) < 4.78 is 50.6. The van der Waals surface area contributed by atoms with Gasteiger partial charge in [-0.25, -0.2) is 9.37 Å². The molecule has 2 heterocycles. The molecule has 0 saturated carbocycles. The summed E-state index contributed by atoms with van der Waals surface area (Å²) in [6.45, 7) is 5.82. The molecule has 1 aliphatic rings. The predicted molar refractivity (Wildman–Crippen MR) is 80.3 cm³/mol. The quantitative estimate of drug-likeness (QED) is 0.847. The fourth-order valence-electron chi connectivity index (χ4n) is 2.61. The first-order chi connectivity index (χ1) is 10.5. The van der Waals surface area contributed by atoms with Gasteiger partial charge >= 0.3 is 6.18 Å². The standard InChI is InChI=1S/C14H19F4N3OS/c1-13(2,3)21-6-8(15)4-10(21)11(22)20-12-19-9(7-23-12)5-14(16,17)18/h7-8,10H,4-6H2,1-3H3,(H,19,20,22)/t8-,10+/m1/s1. The van der Waals surface area contributed by atoms with E-state index in [2.05, 4.69) is 10.3 Å². The van der Waals surface area contributed by atoms with Gasteiger partial charge in [0, 0.05) is 23.9 Å². The van der Waals surface area contributed by atoms with Crippen LogP contribution in [0.4, 0.5) is 22.7 Å². The van der Waals surface area contributed by atoms with Gasteiger partial charge in [0.25, 0.3) is 0 Å². The molecule has 0 spiro atoms. The molecule has 1 aromatic rings. The molecule has 0 aliphatic carbocycles. The van der Waals surface area contributed by atoms with E-state index in [-0.39, 0.29) is 29.3 Å². The number of likely N-dealkylation sites (tertiary alicyclic amines) is 1. The molecule has 1 fully saturated rings. The molecule has 0 bridgehead atoms. The van der Waals surface area contributed by atoms with Crippen LogP contribution in [0, 0.1) is 0 Å². The lowest BCUT2D eigenvalue weighted by molar-refractivity contribution is -0.127. The number of carbonyl (C=O) groups excluding carboxylic acids is 1. The van der Waals surface area contributed by atoms with Crippen molar-refractivity contribution in [3.05, 3.63) is 11.1 Å². The number of hydrogen-bond acceptors (Lipinski definition) is 4. The summed E-state index contributed by atoms with van der Waals surface area (Å²) in [6, 6.07) is -0.653. The third kappa shape index (κ3) is 4.87. The van der Waals surface area contributed by atoms with Crippen molar-refractivity contribution in [3.8, 4) is 0 Å². The molecule has 0 aromatic carbocycles. The van der Waals surface area contributed by atoms with E-state index in [1.165, 1.54) is 5.38 Å². The number of nitrogens with zero attached hydrogens (tertiary/aromatic N) is 2. The van der Waals surface area contributed by atoms with Crippen LogP contribution in [0.15, 0.2) is 5.38 Å². The molecule has 1 saturated heterocycles. The first kappa shape index (κ1) is 18.1. The van der Waals surface area contributed by atoms with Gasteiger partial charge in [0.15, 0.2) is 5.13 Å². The van der Waals surface area contributed by atoms with Crippen molar-refractivity contribution in [3.63, 3.8) is 0 Å². The van der Waals surface area contributed by atoms with E-state index in [9.17, 15) is 22.4 Å². The molecule has 9 heteroatoms. The van der Waals surface area contributed by atoms with Gasteiger partial charge in [-0.1, -0.05) is 0 Å². The molecule has 1 amide bonds. The topological polar surface area (TPSA) is 45.2 Å². The van der Waals surface area contributed by atoms with E-state index in [0.717, 1.165) is 11.3 Å². The fraction of sp³-hybridized carbons (Fsp3) is 0.714. The number of halogens is 4. The van der Waals surface area contributed by atoms with Gasteiger partial charge in [0.05, 0.1) is 18.2 Å². The lowest BCUT2D eigenvalue weighted by atomic mass is 10.0. The van der Waals surface area contributed by atoms with Crippen molar-refractivity contribution in [2.75, 3.05) is 11.9 Å². The van der Waals surface area contributed by atoms with Crippen molar-refractivity contribution in [1.29, 1.82) is 0 Å². The molecule has 0 radical (unpaired) electrons. The van der Waals surface area contributed by atoms with Crippen LogP contribution < -0.4 is 5.32 Å². The van der Waals surface area contributed by atoms with E-state index in [4.69, 9.17) is 0 Å². The molecule has 1 aromatic heterocycles. The molecular formula is C14H19F4N3OS. The number of rotatable bonds is 3. The predicted octanol–water partition coefficient (Wildman–Crippen LogP) is 3.40. The van der Waals surface area contributed by atoms with E-state index >= 15 is 0 Å². The first-order valence-electron chi connectivity index (χ1n) is 7.18.